The molecule has 1 N–H and O–H groups in total. The van der Waals surface area contributed by atoms with Crippen LogP contribution in [0, 0.1) is 11.8 Å². The maximum atomic E-state index is 12.9. The Hall–Kier alpha value is -1.10. The van der Waals surface area contributed by atoms with Crippen LogP contribution in [0.2, 0.25) is 0 Å². The molecule has 0 aromatic rings. The van der Waals surface area contributed by atoms with Gasteiger partial charge >= 0.3 is 0 Å². The van der Waals surface area contributed by atoms with Gasteiger partial charge in [-0.25, -0.2) is 0 Å². The number of carbonyl (C=O) groups excluding carboxylic acids is 2. The van der Waals surface area contributed by atoms with Crippen molar-refractivity contribution < 1.29 is 14.3 Å². The molecule has 1 aliphatic heterocycles. The van der Waals surface area contributed by atoms with Crippen LogP contribution in [0.3, 0.4) is 0 Å². The predicted octanol–water partition coefficient (Wildman–Crippen LogP) is 1.56. The van der Waals surface area contributed by atoms with Crippen molar-refractivity contribution in [2.45, 2.75) is 58.5 Å². The monoisotopic (exact) mass is 296 g/mol. The van der Waals surface area contributed by atoms with Crippen molar-refractivity contribution in [3.05, 3.63) is 0 Å². The van der Waals surface area contributed by atoms with Crippen LogP contribution in [-0.2, 0) is 14.3 Å². The Morgan fingerprint density at radius 1 is 1.38 bits per heavy atom. The van der Waals surface area contributed by atoms with E-state index in [-0.39, 0.29) is 23.8 Å². The van der Waals surface area contributed by atoms with Crippen LogP contribution in [0.25, 0.3) is 0 Å². The molecule has 120 valence electrons. The minimum Gasteiger partial charge on any atom is -0.382 e. The summed E-state index contributed by atoms with van der Waals surface area (Å²) in [4.78, 5) is 27.2. The Labute approximate surface area is 127 Å². The normalized spacial score (nSPS) is 30.0. The zero-order valence-corrected chi connectivity index (χ0v) is 13.6. The molecule has 0 aromatic carbocycles. The van der Waals surface area contributed by atoms with Crippen molar-refractivity contribution in [2.75, 3.05) is 19.8 Å². The molecule has 1 heterocycles. The molecule has 0 aromatic heterocycles. The van der Waals surface area contributed by atoms with Gasteiger partial charge in [-0.1, -0.05) is 13.8 Å². The van der Waals surface area contributed by atoms with Crippen molar-refractivity contribution in [3.63, 3.8) is 0 Å². The van der Waals surface area contributed by atoms with E-state index in [9.17, 15) is 9.59 Å². The van der Waals surface area contributed by atoms with E-state index in [0.717, 1.165) is 19.3 Å². The number of carbonyl (C=O) groups is 2. The first-order valence-electron chi connectivity index (χ1n) is 8.12. The number of hydrogen-bond acceptors (Lipinski definition) is 3. The fraction of sp³-hybridized carbons (Fsp3) is 0.875. The summed E-state index contributed by atoms with van der Waals surface area (Å²) >= 11 is 0. The van der Waals surface area contributed by atoms with Gasteiger partial charge in [0.05, 0.1) is 0 Å². The van der Waals surface area contributed by atoms with E-state index in [1.165, 1.54) is 0 Å². The molecule has 2 atom stereocenters. The molecule has 21 heavy (non-hydrogen) atoms. The van der Waals surface area contributed by atoms with Crippen molar-refractivity contribution in [1.82, 2.24) is 10.2 Å². The molecule has 5 nitrogen and oxygen atoms in total. The fourth-order valence-electron chi connectivity index (χ4n) is 3.27. The van der Waals surface area contributed by atoms with Crippen molar-refractivity contribution in [1.29, 1.82) is 0 Å². The second-order valence-electron chi connectivity index (χ2n) is 6.70. The minimum absolute atomic E-state index is 0.00425. The van der Waals surface area contributed by atoms with Gasteiger partial charge in [-0.3, -0.25) is 9.59 Å². The van der Waals surface area contributed by atoms with E-state index < -0.39 is 5.54 Å². The van der Waals surface area contributed by atoms with E-state index in [1.807, 2.05) is 27.7 Å². The summed E-state index contributed by atoms with van der Waals surface area (Å²) in [7, 11) is 0. The van der Waals surface area contributed by atoms with Gasteiger partial charge in [-0.15, -0.1) is 0 Å². The molecular formula is C16H28N2O3. The number of nitrogens with one attached hydrogen (secondary N) is 1. The molecule has 0 spiro atoms. The number of hydrogen-bond donors (Lipinski definition) is 1. The van der Waals surface area contributed by atoms with E-state index in [0.29, 0.717) is 25.7 Å². The molecule has 1 saturated carbocycles. The van der Waals surface area contributed by atoms with Crippen molar-refractivity contribution in [3.8, 4) is 0 Å². The molecule has 0 bridgehead atoms. The van der Waals surface area contributed by atoms with Crippen LogP contribution in [0.15, 0.2) is 0 Å². The highest BCUT2D eigenvalue weighted by atomic mass is 16.5. The number of ether oxygens (including phenoxy) is 1. The zero-order valence-electron chi connectivity index (χ0n) is 13.6. The molecule has 5 heteroatoms. The lowest BCUT2D eigenvalue weighted by atomic mass is 9.86. The highest BCUT2D eigenvalue weighted by molar-refractivity contribution is 6.00. The Morgan fingerprint density at radius 3 is 2.57 bits per heavy atom. The predicted molar refractivity (Wildman–Crippen MR) is 80.7 cm³/mol. The van der Waals surface area contributed by atoms with Gasteiger partial charge in [0.15, 0.2) is 0 Å². The first-order valence-corrected chi connectivity index (χ1v) is 8.12. The van der Waals surface area contributed by atoms with Gasteiger partial charge < -0.3 is 15.0 Å². The number of nitrogens with zero attached hydrogens (tertiary/aromatic N) is 1. The maximum absolute atomic E-state index is 12.9. The molecule has 2 unspecified atom stereocenters. The third-order valence-electron chi connectivity index (χ3n) is 4.61. The second kappa shape index (κ2) is 6.34. The van der Waals surface area contributed by atoms with Crippen LogP contribution in [0.5, 0.6) is 0 Å². The molecule has 2 amide bonds. The van der Waals surface area contributed by atoms with Gasteiger partial charge in [0.1, 0.15) is 11.6 Å². The molecule has 2 fully saturated rings. The lowest BCUT2D eigenvalue weighted by Gasteiger charge is -2.46. The standard InChI is InChI=1S/C16H28N2O3/c1-5-21-10-6-9-18-13(11(2)3)14(19)17-16(4,15(18)20)12-7-8-12/h11-13H,5-10H2,1-4H3,(H,17,19). The summed E-state index contributed by atoms with van der Waals surface area (Å²) in [5.41, 5.74) is -0.700. The van der Waals surface area contributed by atoms with Crippen LogP contribution >= 0.6 is 0 Å². The van der Waals surface area contributed by atoms with E-state index >= 15 is 0 Å². The first-order chi connectivity index (χ1) is 9.91. The summed E-state index contributed by atoms with van der Waals surface area (Å²) in [6.45, 7) is 9.74. The molecule has 1 aliphatic carbocycles. The topological polar surface area (TPSA) is 58.6 Å². The average Bonchev–Trinajstić information content (AvgIpc) is 3.24. The van der Waals surface area contributed by atoms with Crippen LogP contribution in [0.1, 0.15) is 47.0 Å². The summed E-state index contributed by atoms with van der Waals surface area (Å²) in [5.74, 6) is 0.497. The summed E-state index contributed by atoms with van der Waals surface area (Å²) in [5, 5.41) is 3.01. The Morgan fingerprint density at radius 2 is 2.05 bits per heavy atom. The summed E-state index contributed by atoms with van der Waals surface area (Å²) < 4.78 is 5.36. The Balaban J connectivity index is 2.12. The van der Waals surface area contributed by atoms with Gasteiger partial charge in [-0.05, 0) is 44.9 Å². The summed E-state index contributed by atoms with van der Waals surface area (Å²) in [6, 6.07) is -0.356. The smallest absolute Gasteiger partial charge is 0.249 e. The molecular weight excluding hydrogens is 268 g/mol. The zero-order chi connectivity index (χ0) is 15.6. The number of piperazine rings is 1. The van der Waals surface area contributed by atoms with E-state index in [2.05, 4.69) is 5.32 Å². The van der Waals surface area contributed by atoms with E-state index in [1.54, 1.807) is 4.90 Å². The van der Waals surface area contributed by atoms with Crippen LogP contribution < -0.4 is 5.32 Å². The van der Waals surface area contributed by atoms with Gasteiger partial charge in [0, 0.05) is 19.8 Å². The lowest BCUT2D eigenvalue weighted by Crippen LogP contribution is -2.71. The fourth-order valence-corrected chi connectivity index (χ4v) is 3.27. The van der Waals surface area contributed by atoms with Gasteiger partial charge in [0.2, 0.25) is 11.8 Å². The Bertz CT molecular complexity index is 406. The van der Waals surface area contributed by atoms with Crippen molar-refractivity contribution >= 4 is 11.8 Å². The molecule has 2 rings (SSSR count). The average molecular weight is 296 g/mol. The maximum Gasteiger partial charge on any atom is 0.249 e. The SMILES string of the molecule is CCOCCCN1C(=O)C(C)(C2CC2)NC(=O)C1C(C)C. The summed E-state index contributed by atoms with van der Waals surface area (Å²) in [6.07, 6.45) is 2.83. The molecule has 0 radical (unpaired) electrons. The minimum atomic E-state index is -0.700. The first kappa shape index (κ1) is 16.3. The number of rotatable bonds is 7. The van der Waals surface area contributed by atoms with Gasteiger partial charge in [-0.2, -0.15) is 0 Å². The van der Waals surface area contributed by atoms with Crippen LogP contribution in [-0.4, -0.2) is 48.1 Å². The van der Waals surface area contributed by atoms with E-state index in [4.69, 9.17) is 4.74 Å². The lowest BCUT2D eigenvalue weighted by molar-refractivity contribution is -0.157. The number of amides is 2. The second-order valence-corrected chi connectivity index (χ2v) is 6.70. The van der Waals surface area contributed by atoms with Crippen molar-refractivity contribution in [2.24, 2.45) is 11.8 Å². The highest BCUT2D eigenvalue weighted by Crippen LogP contribution is 2.42. The third kappa shape index (κ3) is 3.23. The van der Waals surface area contributed by atoms with Crippen LogP contribution in [0.4, 0.5) is 0 Å². The highest BCUT2D eigenvalue weighted by Gasteiger charge is 2.55. The quantitative estimate of drug-likeness (QED) is 0.725. The molecule has 2 aliphatic rings. The largest absolute Gasteiger partial charge is 0.382 e. The Kier molecular flexibility index (Phi) is 4.91. The van der Waals surface area contributed by atoms with Gasteiger partial charge in [0.25, 0.3) is 0 Å². The molecule has 1 saturated heterocycles. The third-order valence-corrected chi connectivity index (χ3v) is 4.61.